The van der Waals surface area contributed by atoms with Crippen LogP contribution in [-0.2, 0) is 4.79 Å². The Bertz CT molecular complexity index is 281. The molecule has 0 fully saturated rings. The van der Waals surface area contributed by atoms with Gasteiger partial charge in [0.1, 0.15) is 5.76 Å². The van der Waals surface area contributed by atoms with Crippen LogP contribution in [0.3, 0.4) is 0 Å². The molecule has 0 saturated carbocycles. The first-order valence-corrected chi connectivity index (χ1v) is 3.30. The van der Waals surface area contributed by atoms with E-state index >= 15 is 0 Å². The molecule has 1 rings (SSSR count). The monoisotopic (exact) mass is 169 g/mol. The molecule has 0 aliphatic heterocycles. The second-order valence-corrected chi connectivity index (χ2v) is 2.53. The van der Waals surface area contributed by atoms with Crippen molar-refractivity contribution >= 4 is 6.29 Å². The number of hydrogen-bond donors (Lipinski definition) is 1. The van der Waals surface area contributed by atoms with Gasteiger partial charge in [-0.3, -0.25) is 14.9 Å². The van der Waals surface area contributed by atoms with E-state index in [-0.39, 0.29) is 18.5 Å². The van der Waals surface area contributed by atoms with Crippen molar-refractivity contribution in [2.24, 2.45) is 0 Å². The molecule has 12 heavy (non-hydrogen) atoms. The molecule has 1 atom stereocenters. The highest BCUT2D eigenvalue weighted by molar-refractivity contribution is 5.67. The van der Waals surface area contributed by atoms with E-state index < -0.39 is 10.5 Å². The van der Waals surface area contributed by atoms with Crippen LogP contribution >= 0.6 is 0 Å². The van der Waals surface area contributed by atoms with Gasteiger partial charge >= 0.3 is 0 Å². The van der Waals surface area contributed by atoms with Crippen molar-refractivity contribution in [3.63, 3.8) is 0 Å². The minimum Gasteiger partial charge on any atom is -0.508 e. The molecule has 1 unspecified atom stereocenters. The zero-order valence-corrected chi connectivity index (χ0v) is 6.14. The number of aldehydes is 1. The maximum atomic E-state index is 10.4. The van der Waals surface area contributed by atoms with Crippen LogP contribution in [0.4, 0.5) is 0 Å². The Morgan fingerprint density at radius 2 is 2.42 bits per heavy atom. The molecule has 1 aliphatic carbocycles. The van der Waals surface area contributed by atoms with Gasteiger partial charge in [-0.2, -0.15) is 0 Å². The summed E-state index contributed by atoms with van der Waals surface area (Å²) < 4.78 is 0. The van der Waals surface area contributed by atoms with Crippen LogP contribution in [0.5, 0.6) is 0 Å². The second kappa shape index (κ2) is 2.77. The van der Waals surface area contributed by atoms with Crippen LogP contribution in [0.1, 0.15) is 6.42 Å². The first-order valence-electron chi connectivity index (χ1n) is 3.30. The van der Waals surface area contributed by atoms with Crippen molar-refractivity contribution in [3.05, 3.63) is 34.1 Å². The van der Waals surface area contributed by atoms with Gasteiger partial charge in [-0.05, 0) is 12.2 Å². The maximum Gasteiger partial charge on any atom is 0.298 e. The standard InChI is InChI=1S/C7H7NO4/c9-5-7(8(11)12)3-1-6(10)2-4-7/h1-3,5,10H,4H2. The van der Waals surface area contributed by atoms with Crippen LogP contribution in [-0.4, -0.2) is 21.9 Å². The van der Waals surface area contributed by atoms with Crippen molar-refractivity contribution in [1.29, 1.82) is 0 Å². The van der Waals surface area contributed by atoms with Crippen molar-refractivity contribution in [1.82, 2.24) is 0 Å². The highest BCUT2D eigenvalue weighted by Gasteiger charge is 2.40. The zero-order valence-electron chi connectivity index (χ0n) is 6.14. The number of rotatable bonds is 2. The van der Waals surface area contributed by atoms with Crippen molar-refractivity contribution in [3.8, 4) is 0 Å². The Balaban J connectivity index is 2.95. The highest BCUT2D eigenvalue weighted by atomic mass is 16.6. The minimum absolute atomic E-state index is 0.0469. The predicted octanol–water partition coefficient (Wildman–Crippen LogP) is 0.603. The largest absolute Gasteiger partial charge is 0.508 e. The molecule has 0 aromatic carbocycles. The molecule has 0 saturated heterocycles. The minimum atomic E-state index is -1.67. The summed E-state index contributed by atoms with van der Waals surface area (Å²) in [5, 5.41) is 19.3. The van der Waals surface area contributed by atoms with E-state index in [0.717, 1.165) is 12.2 Å². The summed E-state index contributed by atoms with van der Waals surface area (Å²) in [4.78, 5) is 20.2. The lowest BCUT2D eigenvalue weighted by atomic mass is 9.93. The van der Waals surface area contributed by atoms with Gasteiger partial charge in [0.25, 0.3) is 5.54 Å². The number of nitrogens with zero attached hydrogens (tertiary/aromatic N) is 1. The molecule has 0 aromatic heterocycles. The van der Waals surface area contributed by atoms with Crippen LogP contribution in [0.25, 0.3) is 0 Å². The molecule has 64 valence electrons. The average molecular weight is 169 g/mol. The van der Waals surface area contributed by atoms with E-state index in [9.17, 15) is 14.9 Å². The van der Waals surface area contributed by atoms with Crippen LogP contribution < -0.4 is 0 Å². The fraction of sp³-hybridized carbons (Fsp3) is 0.286. The number of carbonyl (C=O) groups excluding carboxylic acids is 1. The zero-order chi connectivity index (χ0) is 9.19. The van der Waals surface area contributed by atoms with Crippen molar-refractivity contribution in [2.45, 2.75) is 12.0 Å². The summed E-state index contributed by atoms with van der Waals surface area (Å²) >= 11 is 0. The van der Waals surface area contributed by atoms with Gasteiger partial charge in [0, 0.05) is 11.0 Å². The summed E-state index contributed by atoms with van der Waals surface area (Å²) in [6.07, 6.45) is 3.67. The first kappa shape index (κ1) is 8.45. The number of carbonyl (C=O) groups is 1. The van der Waals surface area contributed by atoms with Crippen LogP contribution in [0.15, 0.2) is 24.0 Å². The third kappa shape index (κ3) is 1.20. The van der Waals surface area contributed by atoms with Gasteiger partial charge in [0.15, 0.2) is 0 Å². The number of aliphatic hydroxyl groups is 1. The molecule has 0 radical (unpaired) electrons. The van der Waals surface area contributed by atoms with Gasteiger partial charge in [-0.25, -0.2) is 0 Å². The Morgan fingerprint density at radius 1 is 1.75 bits per heavy atom. The van der Waals surface area contributed by atoms with Crippen LogP contribution in [0, 0.1) is 10.1 Å². The number of hydrogen-bond acceptors (Lipinski definition) is 4. The van der Waals surface area contributed by atoms with Crippen molar-refractivity contribution < 1.29 is 14.8 Å². The van der Waals surface area contributed by atoms with E-state index in [1.54, 1.807) is 0 Å². The molecule has 0 spiro atoms. The average Bonchev–Trinajstić information content (AvgIpc) is 2.06. The molecule has 5 nitrogen and oxygen atoms in total. The molecule has 1 N–H and O–H groups in total. The van der Waals surface area contributed by atoms with Crippen molar-refractivity contribution in [2.75, 3.05) is 0 Å². The second-order valence-electron chi connectivity index (χ2n) is 2.53. The molecular formula is C7H7NO4. The van der Waals surface area contributed by atoms with Gasteiger partial charge < -0.3 is 5.11 Å². The van der Waals surface area contributed by atoms with E-state index in [1.165, 1.54) is 6.08 Å². The van der Waals surface area contributed by atoms with E-state index in [2.05, 4.69) is 0 Å². The normalized spacial score (nSPS) is 27.8. The quantitative estimate of drug-likeness (QED) is 0.373. The van der Waals surface area contributed by atoms with E-state index in [1.807, 2.05) is 0 Å². The van der Waals surface area contributed by atoms with Gasteiger partial charge in [-0.1, -0.05) is 0 Å². The Kier molecular flexibility index (Phi) is 1.95. The Morgan fingerprint density at radius 3 is 2.75 bits per heavy atom. The SMILES string of the molecule is O=CC1([N+](=O)[O-])C=CC(O)=CC1. The predicted molar refractivity (Wildman–Crippen MR) is 40.3 cm³/mol. The summed E-state index contributed by atoms with van der Waals surface area (Å²) in [7, 11) is 0. The van der Waals surface area contributed by atoms with Gasteiger partial charge in [0.2, 0.25) is 6.29 Å². The molecule has 0 aromatic rings. The lowest BCUT2D eigenvalue weighted by Gasteiger charge is -2.15. The summed E-state index contributed by atoms with van der Waals surface area (Å²) in [6.45, 7) is 0. The number of nitro groups is 1. The fourth-order valence-corrected chi connectivity index (χ4v) is 0.900. The molecule has 0 amide bonds. The summed E-state index contributed by atoms with van der Waals surface area (Å²) in [5.74, 6) is -0.0469. The number of aliphatic hydroxyl groups excluding tert-OH is 1. The van der Waals surface area contributed by atoms with E-state index in [4.69, 9.17) is 5.11 Å². The lowest BCUT2D eigenvalue weighted by Crippen LogP contribution is -2.38. The maximum absolute atomic E-state index is 10.4. The van der Waals surface area contributed by atoms with E-state index in [0.29, 0.717) is 0 Å². The third-order valence-corrected chi connectivity index (χ3v) is 1.72. The first-order chi connectivity index (χ1) is 5.60. The molecule has 5 heteroatoms. The Hall–Kier alpha value is -1.65. The topological polar surface area (TPSA) is 80.4 Å². The van der Waals surface area contributed by atoms with Gasteiger partial charge in [0.05, 0.1) is 6.42 Å². The Labute approximate surface area is 68.2 Å². The molecular weight excluding hydrogens is 162 g/mol. The highest BCUT2D eigenvalue weighted by Crippen LogP contribution is 2.20. The smallest absolute Gasteiger partial charge is 0.298 e. The summed E-state index contributed by atoms with van der Waals surface area (Å²) in [6, 6.07) is 0. The molecule has 0 heterocycles. The summed E-state index contributed by atoms with van der Waals surface area (Å²) in [5.41, 5.74) is -1.67. The molecule has 1 aliphatic rings. The van der Waals surface area contributed by atoms with Gasteiger partial charge in [-0.15, -0.1) is 0 Å². The van der Waals surface area contributed by atoms with Crippen LogP contribution in [0.2, 0.25) is 0 Å². The lowest BCUT2D eigenvalue weighted by molar-refractivity contribution is -0.535. The fourth-order valence-electron chi connectivity index (χ4n) is 0.900. The number of allylic oxidation sites excluding steroid dienone is 1. The molecule has 0 bridgehead atoms. The third-order valence-electron chi connectivity index (χ3n) is 1.72.